The van der Waals surface area contributed by atoms with E-state index in [0.717, 1.165) is 25.9 Å². The van der Waals surface area contributed by atoms with Gasteiger partial charge in [0.15, 0.2) is 0 Å². The average Bonchev–Trinajstić information content (AvgIpc) is 3.02. The molecule has 0 amide bonds. The molecule has 0 unspecified atom stereocenters. The predicted octanol–water partition coefficient (Wildman–Crippen LogP) is 1.89. The summed E-state index contributed by atoms with van der Waals surface area (Å²) in [5.74, 6) is 0. The van der Waals surface area contributed by atoms with E-state index in [4.69, 9.17) is 0 Å². The topological polar surface area (TPSA) is 67.2 Å². The van der Waals surface area contributed by atoms with E-state index in [9.17, 15) is 8.42 Å². The summed E-state index contributed by atoms with van der Waals surface area (Å²) >= 11 is 0. The van der Waals surface area contributed by atoms with Crippen LogP contribution in [0.3, 0.4) is 0 Å². The van der Waals surface area contributed by atoms with Crippen molar-refractivity contribution in [2.24, 2.45) is 7.05 Å². The predicted molar refractivity (Wildman–Crippen MR) is 89.6 cm³/mol. The number of nitrogens with one attached hydrogen (secondary N) is 1. The van der Waals surface area contributed by atoms with Crippen LogP contribution < -0.4 is 4.72 Å². The van der Waals surface area contributed by atoms with Crippen LogP contribution in [0.2, 0.25) is 0 Å². The van der Waals surface area contributed by atoms with Gasteiger partial charge in [0.05, 0.1) is 6.20 Å². The second-order valence-electron chi connectivity index (χ2n) is 7.01. The van der Waals surface area contributed by atoms with Crippen molar-refractivity contribution in [2.45, 2.75) is 61.8 Å². The van der Waals surface area contributed by atoms with E-state index in [-0.39, 0.29) is 10.4 Å². The average molecular weight is 340 g/mol. The molecule has 0 atom stereocenters. The molecule has 7 heteroatoms. The van der Waals surface area contributed by atoms with Gasteiger partial charge < -0.3 is 0 Å². The number of aromatic nitrogens is 2. The molecule has 23 heavy (non-hydrogen) atoms. The van der Waals surface area contributed by atoms with Gasteiger partial charge >= 0.3 is 0 Å². The number of hydrogen-bond acceptors (Lipinski definition) is 4. The molecule has 1 aliphatic carbocycles. The number of sulfonamides is 1. The third kappa shape index (κ3) is 3.78. The van der Waals surface area contributed by atoms with Gasteiger partial charge in [0.2, 0.25) is 10.0 Å². The summed E-state index contributed by atoms with van der Waals surface area (Å²) in [5.41, 5.74) is 0.00789. The van der Waals surface area contributed by atoms with Gasteiger partial charge in [0.25, 0.3) is 0 Å². The Morgan fingerprint density at radius 2 is 1.78 bits per heavy atom. The number of nitrogens with zero attached hydrogens (tertiary/aromatic N) is 3. The van der Waals surface area contributed by atoms with Crippen molar-refractivity contribution in [3.05, 3.63) is 12.4 Å². The molecule has 1 N–H and O–H groups in total. The van der Waals surface area contributed by atoms with Crippen LogP contribution in [0.5, 0.6) is 0 Å². The Kier molecular flexibility index (Phi) is 5.08. The highest BCUT2D eigenvalue weighted by Gasteiger charge is 2.39. The van der Waals surface area contributed by atoms with E-state index in [1.54, 1.807) is 13.2 Å². The lowest BCUT2D eigenvalue weighted by Crippen LogP contribution is -2.58. The molecular weight excluding hydrogens is 312 g/mol. The molecule has 1 aromatic rings. The molecule has 0 radical (unpaired) electrons. The molecule has 1 saturated heterocycles. The Morgan fingerprint density at radius 1 is 1.13 bits per heavy atom. The van der Waals surface area contributed by atoms with Crippen molar-refractivity contribution in [2.75, 3.05) is 19.6 Å². The van der Waals surface area contributed by atoms with Crippen LogP contribution in [-0.2, 0) is 17.1 Å². The minimum Gasteiger partial charge on any atom is -0.296 e. The van der Waals surface area contributed by atoms with Gasteiger partial charge in [0.1, 0.15) is 4.90 Å². The van der Waals surface area contributed by atoms with Crippen molar-refractivity contribution >= 4 is 10.0 Å². The van der Waals surface area contributed by atoms with Crippen molar-refractivity contribution in [1.82, 2.24) is 19.4 Å². The van der Waals surface area contributed by atoms with Crippen molar-refractivity contribution in [1.29, 1.82) is 0 Å². The van der Waals surface area contributed by atoms with Crippen LogP contribution in [0.25, 0.3) is 0 Å². The lowest BCUT2D eigenvalue weighted by atomic mass is 9.79. The van der Waals surface area contributed by atoms with E-state index in [0.29, 0.717) is 6.54 Å². The van der Waals surface area contributed by atoms with Crippen LogP contribution >= 0.6 is 0 Å². The summed E-state index contributed by atoms with van der Waals surface area (Å²) in [6, 6.07) is 0. The molecule has 0 aromatic carbocycles. The first-order chi connectivity index (χ1) is 11.0. The van der Waals surface area contributed by atoms with Crippen molar-refractivity contribution in [3.8, 4) is 0 Å². The summed E-state index contributed by atoms with van der Waals surface area (Å²) in [6.07, 6.45) is 12.6. The molecule has 0 spiro atoms. The van der Waals surface area contributed by atoms with Gasteiger partial charge in [-0.1, -0.05) is 25.7 Å². The number of aryl methyl sites for hydroxylation is 1. The van der Waals surface area contributed by atoms with Crippen LogP contribution in [0.4, 0.5) is 0 Å². The van der Waals surface area contributed by atoms with E-state index >= 15 is 0 Å². The number of rotatable bonds is 5. The zero-order valence-electron chi connectivity index (χ0n) is 14.0. The second-order valence-corrected chi connectivity index (χ2v) is 8.77. The van der Waals surface area contributed by atoms with Gasteiger partial charge in [-0.3, -0.25) is 9.58 Å². The molecule has 6 nitrogen and oxygen atoms in total. The molecule has 1 aromatic heterocycles. The Morgan fingerprint density at radius 3 is 2.39 bits per heavy atom. The number of piperidine rings is 1. The molecule has 2 heterocycles. The first-order valence-electron chi connectivity index (χ1n) is 8.75. The van der Waals surface area contributed by atoms with Crippen molar-refractivity contribution in [3.63, 3.8) is 0 Å². The molecule has 2 aliphatic rings. The van der Waals surface area contributed by atoms with E-state index in [2.05, 4.69) is 14.7 Å². The maximum atomic E-state index is 12.5. The Hall–Kier alpha value is -0.920. The van der Waals surface area contributed by atoms with E-state index in [1.807, 2.05) is 0 Å². The van der Waals surface area contributed by atoms with Gasteiger partial charge in [-0.05, 0) is 38.8 Å². The fourth-order valence-electron chi connectivity index (χ4n) is 4.03. The molecular formula is C16H28N4O2S. The molecule has 1 saturated carbocycles. The first-order valence-corrected chi connectivity index (χ1v) is 10.2. The lowest BCUT2D eigenvalue weighted by Gasteiger charge is -2.48. The SMILES string of the molecule is Cn1cc(S(=O)(=O)NCC2(N3CCCCC3)CCCCC2)cn1. The van der Waals surface area contributed by atoms with E-state index < -0.39 is 10.0 Å². The number of likely N-dealkylation sites (tertiary alicyclic amines) is 1. The number of hydrogen-bond donors (Lipinski definition) is 1. The normalized spacial score (nSPS) is 23.0. The minimum absolute atomic E-state index is 0.00789. The van der Waals surface area contributed by atoms with Crippen LogP contribution in [0.1, 0.15) is 51.4 Å². The molecule has 3 rings (SSSR count). The fourth-order valence-corrected chi connectivity index (χ4v) is 5.14. The summed E-state index contributed by atoms with van der Waals surface area (Å²) in [6.45, 7) is 2.73. The van der Waals surface area contributed by atoms with Gasteiger partial charge in [0, 0.05) is 25.3 Å². The van der Waals surface area contributed by atoms with Crippen LogP contribution in [0, 0.1) is 0 Å². The smallest absolute Gasteiger partial charge is 0.243 e. The Labute approximate surface area is 139 Å². The second kappa shape index (κ2) is 6.91. The summed E-state index contributed by atoms with van der Waals surface area (Å²) in [5, 5.41) is 3.97. The zero-order valence-corrected chi connectivity index (χ0v) is 14.8. The van der Waals surface area contributed by atoms with Gasteiger partial charge in [-0.2, -0.15) is 5.10 Å². The third-order valence-electron chi connectivity index (χ3n) is 5.39. The minimum atomic E-state index is -3.48. The molecule has 2 fully saturated rings. The monoisotopic (exact) mass is 340 g/mol. The highest BCUT2D eigenvalue weighted by Crippen LogP contribution is 2.35. The molecule has 130 valence electrons. The highest BCUT2D eigenvalue weighted by atomic mass is 32.2. The van der Waals surface area contributed by atoms with Gasteiger partial charge in [-0.25, -0.2) is 13.1 Å². The molecule has 0 bridgehead atoms. The maximum absolute atomic E-state index is 12.5. The summed E-state index contributed by atoms with van der Waals surface area (Å²) in [4.78, 5) is 2.81. The Balaban J connectivity index is 1.73. The van der Waals surface area contributed by atoms with Gasteiger partial charge in [-0.15, -0.1) is 0 Å². The Bertz CT molecular complexity index is 614. The standard InChI is InChI=1S/C16H28N4O2S/c1-19-13-15(12-17-19)23(21,22)18-14-16(8-4-2-5-9-16)20-10-6-3-7-11-20/h12-13,18H,2-11,14H2,1H3. The quantitative estimate of drug-likeness (QED) is 0.889. The van der Waals surface area contributed by atoms with E-state index in [1.165, 1.54) is 49.4 Å². The molecule has 1 aliphatic heterocycles. The van der Waals surface area contributed by atoms with Crippen molar-refractivity contribution < 1.29 is 8.42 Å². The maximum Gasteiger partial charge on any atom is 0.243 e. The summed E-state index contributed by atoms with van der Waals surface area (Å²) in [7, 11) is -1.74. The third-order valence-corrected chi connectivity index (χ3v) is 6.75. The first kappa shape index (κ1) is 16.9. The van der Waals surface area contributed by atoms with Crippen LogP contribution in [-0.4, -0.2) is 48.3 Å². The lowest BCUT2D eigenvalue weighted by molar-refractivity contribution is 0.0376. The largest absolute Gasteiger partial charge is 0.296 e. The fraction of sp³-hybridized carbons (Fsp3) is 0.812. The van der Waals surface area contributed by atoms with Crippen LogP contribution in [0.15, 0.2) is 17.3 Å². The zero-order chi connectivity index (χ0) is 16.3. The highest BCUT2D eigenvalue weighted by molar-refractivity contribution is 7.89. The summed E-state index contributed by atoms with van der Waals surface area (Å²) < 4.78 is 29.5.